The minimum Gasteiger partial charge on any atom is -0.477 e. The van der Waals surface area contributed by atoms with E-state index < -0.39 is 5.97 Å². The van der Waals surface area contributed by atoms with Gasteiger partial charge in [-0.2, -0.15) is 0 Å². The van der Waals surface area contributed by atoms with Crippen molar-refractivity contribution >= 4 is 5.97 Å². The first-order valence-electron chi connectivity index (χ1n) is 10.9. The number of H-pyrrole nitrogens is 1. The van der Waals surface area contributed by atoms with Crippen molar-refractivity contribution in [2.45, 2.75) is 76.2 Å². The Morgan fingerprint density at radius 3 is 2.03 bits per heavy atom. The predicted molar refractivity (Wildman–Crippen MR) is 116 cm³/mol. The zero-order valence-electron chi connectivity index (χ0n) is 17.0. The van der Waals surface area contributed by atoms with Crippen molar-refractivity contribution in [3.8, 4) is 11.3 Å². The first-order valence-corrected chi connectivity index (χ1v) is 10.9. The Hall–Kier alpha value is -2.40. The summed E-state index contributed by atoms with van der Waals surface area (Å²) in [5.74, 6) is -1.02. The number of carboxylic acids is 1. The average molecular weight is 397 g/mol. The summed E-state index contributed by atoms with van der Waals surface area (Å²) in [5, 5.41) is 9.23. The van der Waals surface area contributed by atoms with E-state index in [0.717, 1.165) is 36.9 Å². The van der Waals surface area contributed by atoms with Gasteiger partial charge in [-0.25, -0.2) is 4.79 Å². The SMILES string of the molecule is NC1CCCCC1.O=C(O)c1c[nH]c(-c2ccccc2)c(C2CCCCC2)c1=O. The first-order chi connectivity index (χ1) is 14.1. The van der Waals surface area contributed by atoms with Crippen molar-refractivity contribution in [2.75, 3.05) is 0 Å². The van der Waals surface area contributed by atoms with Crippen molar-refractivity contribution in [3.63, 3.8) is 0 Å². The normalized spacial score (nSPS) is 18.0. The lowest BCUT2D eigenvalue weighted by atomic mass is 9.81. The lowest BCUT2D eigenvalue weighted by Crippen LogP contribution is -2.24. The molecular weight excluding hydrogens is 364 g/mol. The molecular formula is C24H32N2O3. The summed E-state index contributed by atoms with van der Waals surface area (Å²) in [6.07, 6.45) is 13.3. The molecule has 2 aromatic rings. The molecule has 1 heterocycles. The van der Waals surface area contributed by atoms with Crippen LogP contribution in [0.25, 0.3) is 11.3 Å². The molecule has 0 spiro atoms. The Morgan fingerprint density at radius 2 is 1.52 bits per heavy atom. The van der Waals surface area contributed by atoms with Crippen LogP contribution in [0.1, 0.15) is 86.0 Å². The number of rotatable bonds is 3. The van der Waals surface area contributed by atoms with Gasteiger partial charge in [0.05, 0.1) is 5.69 Å². The Labute approximate surface area is 172 Å². The van der Waals surface area contributed by atoms with Crippen LogP contribution in [0.3, 0.4) is 0 Å². The second-order valence-corrected chi connectivity index (χ2v) is 8.22. The Kier molecular flexibility index (Phi) is 7.64. The zero-order chi connectivity index (χ0) is 20.6. The molecule has 5 nitrogen and oxygen atoms in total. The van der Waals surface area contributed by atoms with Gasteiger partial charge in [-0.3, -0.25) is 4.79 Å². The molecule has 2 aliphatic carbocycles. The number of carboxylic acid groups (broad SMARTS) is 1. The second kappa shape index (κ2) is 10.4. The van der Waals surface area contributed by atoms with Gasteiger partial charge >= 0.3 is 5.97 Å². The number of nitrogens with one attached hydrogen (secondary N) is 1. The second-order valence-electron chi connectivity index (χ2n) is 8.22. The van der Waals surface area contributed by atoms with Crippen LogP contribution in [-0.2, 0) is 0 Å². The van der Waals surface area contributed by atoms with Gasteiger partial charge in [0, 0.05) is 17.8 Å². The van der Waals surface area contributed by atoms with Gasteiger partial charge in [0.1, 0.15) is 5.56 Å². The molecule has 4 N–H and O–H groups in total. The van der Waals surface area contributed by atoms with Crippen LogP contribution in [0.2, 0.25) is 0 Å². The fraction of sp³-hybridized carbons (Fsp3) is 0.500. The molecule has 0 amide bonds. The summed E-state index contributed by atoms with van der Waals surface area (Å²) in [5.41, 5.74) is 7.47. The molecule has 0 saturated heterocycles. The van der Waals surface area contributed by atoms with Crippen molar-refractivity contribution in [1.82, 2.24) is 4.98 Å². The lowest BCUT2D eigenvalue weighted by molar-refractivity contribution is 0.0695. The fourth-order valence-corrected chi connectivity index (χ4v) is 4.46. The van der Waals surface area contributed by atoms with Crippen molar-refractivity contribution in [2.24, 2.45) is 5.73 Å². The number of carbonyl (C=O) groups is 1. The fourth-order valence-electron chi connectivity index (χ4n) is 4.46. The Bertz CT molecular complexity index is 848. The van der Waals surface area contributed by atoms with Crippen LogP contribution in [0.4, 0.5) is 0 Å². The van der Waals surface area contributed by atoms with E-state index in [9.17, 15) is 14.7 Å². The van der Waals surface area contributed by atoms with Crippen LogP contribution in [0.5, 0.6) is 0 Å². The van der Waals surface area contributed by atoms with E-state index in [1.165, 1.54) is 44.7 Å². The monoisotopic (exact) mass is 396 g/mol. The summed E-state index contributed by atoms with van der Waals surface area (Å²) < 4.78 is 0. The summed E-state index contributed by atoms with van der Waals surface area (Å²) >= 11 is 0. The molecule has 2 aliphatic rings. The minimum atomic E-state index is -1.17. The summed E-state index contributed by atoms with van der Waals surface area (Å²) in [4.78, 5) is 27.0. The topological polar surface area (TPSA) is 96.2 Å². The number of benzene rings is 1. The maximum Gasteiger partial charge on any atom is 0.341 e. The highest BCUT2D eigenvalue weighted by Crippen LogP contribution is 2.35. The number of hydrogen-bond acceptors (Lipinski definition) is 3. The van der Waals surface area contributed by atoms with Gasteiger partial charge in [-0.05, 0) is 37.2 Å². The molecule has 0 radical (unpaired) electrons. The maximum absolute atomic E-state index is 12.7. The van der Waals surface area contributed by atoms with Crippen LogP contribution in [0, 0.1) is 0 Å². The van der Waals surface area contributed by atoms with E-state index in [-0.39, 0.29) is 16.9 Å². The van der Waals surface area contributed by atoms with Crippen LogP contribution in [0.15, 0.2) is 41.3 Å². The number of nitrogens with two attached hydrogens (primary N) is 1. The Morgan fingerprint density at radius 1 is 0.931 bits per heavy atom. The number of aromatic nitrogens is 1. The van der Waals surface area contributed by atoms with Crippen LogP contribution >= 0.6 is 0 Å². The van der Waals surface area contributed by atoms with Crippen molar-refractivity contribution < 1.29 is 9.90 Å². The molecule has 0 bridgehead atoms. The molecule has 1 aromatic heterocycles. The molecule has 1 aromatic carbocycles. The zero-order valence-corrected chi connectivity index (χ0v) is 17.0. The van der Waals surface area contributed by atoms with E-state index in [2.05, 4.69) is 4.98 Å². The quantitative estimate of drug-likeness (QED) is 0.675. The molecule has 156 valence electrons. The highest BCUT2D eigenvalue weighted by Gasteiger charge is 2.25. The van der Waals surface area contributed by atoms with Crippen LogP contribution < -0.4 is 11.2 Å². The maximum atomic E-state index is 12.7. The largest absolute Gasteiger partial charge is 0.477 e. The third-order valence-electron chi connectivity index (χ3n) is 6.08. The molecule has 2 saturated carbocycles. The van der Waals surface area contributed by atoms with Crippen molar-refractivity contribution in [3.05, 3.63) is 57.9 Å². The van der Waals surface area contributed by atoms with Gasteiger partial charge in [-0.1, -0.05) is 68.9 Å². The molecule has 29 heavy (non-hydrogen) atoms. The molecule has 0 aliphatic heterocycles. The molecule has 0 unspecified atom stereocenters. The Balaban J connectivity index is 0.000000290. The van der Waals surface area contributed by atoms with Crippen molar-refractivity contribution in [1.29, 1.82) is 0 Å². The van der Waals surface area contributed by atoms with Gasteiger partial charge < -0.3 is 15.8 Å². The highest BCUT2D eigenvalue weighted by atomic mass is 16.4. The van der Waals surface area contributed by atoms with E-state index >= 15 is 0 Å². The molecule has 4 rings (SSSR count). The highest BCUT2D eigenvalue weighted by molar-refractivity contribution is 5.88. The van der Waals surface area contributed by atoms with E-state index in [0.29, 0.717) is 11.6 Å². The van der Waals surface area contributed by atoms with Gasteiger partial charge in [0.15, 0.2) is 5.43 Å². The lowest BCUT2D eigenvalue weighted by Gasteiger charge is -2.24. The molecule has 2 fully saturated rings. The standard InChI is InChI=1S/C18H19NO3.C6H13N/c20-17-14(18(21)22)11-19-16(13-9-5-2-6-10-13)15(17)12-7-3-1-4-8-12;7-6-4-2-1-3-5-6/h2,5-6,9-12H,1,3-4,7-8H2,(H,19,20)(H,21,22);6H,1-5,7H2. The molecule has 0 atom stereocenters. The van der Waals surface area contributed by atoms with Gasteiger partial charge in [0.25, 0.3) is 0 Å². The van der Waals surface area contributed by atoms with Gasteiger partial charge in [0.2, 0.25) is 0 Å². The smallest absolute Gasteiger partial charge is 0.341 e. The molecule has 5 heteroatoms. The van der Waals surface area contributed by atoms with E-state index in [4.69, 9.17) is 5.73 Å². The number of hydrogen-bond donors (Lipinski definition) is 3. The average Bonchev–Trinajstić information content (AvgIpc) is 2.75. The summed E-state index contributed by atoms with van der Waals surface area (Å²) in [7, 11) is 0. The minimum absolute atomic E-state index is 0.145. The third-order valence-corrected chi connectivity index (χ3v) is 6.08. The number of aromatic amines is 1. The number of aromatic carboxylic acids is 1. The predicted octanol–water partition coefficient (Wildman–Crippen LogP) is 5.07. The summed E-state index contributed by atoms with van der Waals surface area (Å²) in [6.45, 7) is 0. The first kappa shape index (κ1) is 21.3. The summed E-state index contributed by atoms with van der Waals surface area (Å²) in [6, 6.07) is 10.2. The third kappa shape index (κ3) is 5.57. The van der Waals surface area contributed by atoms with E-state index in [1.54, 1.807) is 0 Å². The number of pyridine rings is 1. The van der Waals surface area contributed by atoms with E-state index in [1.807, 2.05) is 30.3 Å². The van der Waals surface area contributed by atoms with Crippen LogP contribution in [-0.4, -0.2) is 22.1 Å². The van der Waals surface area contributed by atoms with Gasteiger partial charge in [-0.15, -0.1) is 0 Å².